The molecular formula is C57H80N4O8S2. The highest BCUT2D eigenvalue weighted by molar-refractivity contribution is 7.93. The third-order valence-corrected chi connectivity index (χ3v) is 18.6. The van der Waals surface area contributed by atoms with Crippen LogP contribution in [0.2, 0.25) is 0 Å². The molecule has 0 radical (unpaired) electrons. The number of amides is 3. The first-order chi connectivity index (χ1) is 31.9. The van der Waals surface area contributed by atoms with Crippen molar-refractivity contribution in [3.05, 3.63) is 143 Å². The highest BCUT2D eigenvalue weighted by Gasteiger charge is 2.50. The summed E-state index contributed by atoms with van der Waals surface area (Å²) in [5, 5.41) is 3.28. The molecule has 0 atom stereocenters. The van der Waals surface area contributed by atoms with Crippen LogP contribution in [0.1, 0.15) is 147 Å². The van der Waals surface area contributed by atoms with Crippen molar-refractivity contribution in [3.8, 4) is 0 Å². The molecule has 2 fully saturated rings. The van der Waals surface area contributed by atoms with Crippen LogP contribution in [0.5, 0.6) is 0 Å². The van der Waals surface area contributed by atoms with E-state index in [-0.39, 0.29) is 67.5 Å². The van der Waals surface area contributed by atoms with Crippen LogP contribution in [-0.2, 0) is 24.4 Å². The third kappa shape index (κ3) is 11.6. The average molecular weight is 1010 g/mol. The number of sulfone groups is 2. The predicted molar refractivity (Wildman–Crippen MR) is 290 cm³/mol. The number of nitrogens with one attached hydrogen (secondary N) is 1. The zero-order valence-electron chi connectivity index (χ0n) is 39.8. The highest BCUT2D eigenvalue weighted by atomic mass is 32.2. The molecule has 388 valence electrons. The lowest BCUT2D eigenvalue weighted by Crippen LogP contribution is -2.51. The van der Waals surface area contributed by atoms with Gasteiger partial charge in [-0.25, -0.2) is 21.6 Å². The van der Waals surface area contributed by atoms with Crippen LogP contribution >= 0.6 is 0 Å². The van der Waals surface area contributed by atoms with E-state index in [4.69, 9.17) is 4.74 Å². The second-order valence-electron chi connectivity index (χ2n) is 18.6. The third-order valence-electron chi connectivity index (χ3n) is 13.5. The SMILES string of the molecule is C.C.C.C.CCN(CC)C(=O)c1ccc(C2=CC3(CCN(C(=O)OC(C)(C)C)CC3)S(=O)(=O)c3ccccc32)cc1.CCN(CC)C(=O)c1ccc(C2=CC3(CCNCC3)S(=O)(=O)c3ccccc32)cc1. The minimum atomic E-state index is -3.69. The van der Waals surface area contributed by atoms with Crippen molar-refractivity contribution in [2.75, 3.05) is 52.4 Å². The second-order valence-corrected chi connectivity index (χ2v) is 23.1. The molecule has 14 heteroatoms. The van der Waals surface area contributed by atoms with E-state index in [2.05, 4.69) is 5.32 Å². The van der Waals surface area contributed by atoms with Gasteiger partial charge in [0.05, 0.1) is 19.3 Å². The normalized spacial score (nSPS) is 17.5. The Morgan fingerprint density at radius 2 is 0.915 bits per heavy atom. The maximum absolute atomic E-state index is 13.9. The summed E-state index contributed by atoms with van der Waals surface area (Å²) in [7, 11) is -7.15. The molecule has 4 aromatic carbocycles. The molecular weight excluding hydrogens is 933 g/mol. The van der Waals surface area contributed by atoms with Crippen molar-refractivity contribution >= 4 is 48.7 Å². The Hall–Kier alpha value is -5.57. The van der Waals surface area contributed by atoms with Gasteiger partial charge in [0.25, 0.3) is 11.8 Å². The Kier molecular flexibility index (Phi) is 20.0. The lowest BCUT2D eigenvalue weighted by molar-refractivity contribution is 0.0204. The topological polar surface area (TPSA) is 150 Å². The largest absolute Gasteiger partial charge is 0.444 e. The van der Waals surface area contributed by atoms with E-state index >= 15 is 0 Å². The molecule has 0 aliphatic carbocycles. The van der Waals surface area contributed by atoms with Crippen LogP contribution in [0.4, 0.5) is 4.79 Å². The van der Waals surface area contributed by atoms with Crippen LogP contribution in [0.25, 0.3) is 11.1 Å². The van der Waals surface area contributed by atoms with Crippen molar-refractivity contribution in [2.24, 2.45) is 0 Å². The summed E-state index contributed by atoms with van der Waals surface area (Å²) >= 11 is 0. The quantitative estimate of drug-likeness (QED) is 0.182. The molecule has 3 amide bonds. The van der Waals surface area contributed by atoms with Gasteiger partial charge in [0.15, 0.2) is 19.7 Å². The molecule has 0 unspecified atom stereocenters. The van der Waals surface area contributed by atoms with E-state index in [1.165, 1.54) is 0 Å². The summed E-state index contributed by atoms with van der Waals surface area (Å²) < 4.78 is 58.4. The second kappa shape index (κ2) is 23.8. The summed E-state index contributed by atoms with van der Waals surface area (Å²) in [4.78, 5) is 43.9. The van der Waals surface area contributed by atoms with E-state index in [9.17, 15) is 31.2 Å². The van der Waals surface area contributed by atoms with E-state index < -0.39 is 40.9 Å². The van der Waals surface area contributed by atoms with Crippen molar-refractivity contribution in [1.82, 2.24) is 20.0 Å². The first kappa shape index (κ1) is 59.7. The van der Waals surface area contributed by atoms with Crippen molar-refractivity contribution in [1.29, 1.82) is 0 Å². The highest BCUT2D eigenvalue weighted by Crippen LogP contribution is 2.48. The fourth-order valence-corrected chi connectivity index (χ4v) is 14.0. The maximum atomic E-state index is 13.9. The number of hydrogen-bond acceptors (Lipinski definition) is 9. The van der Waals surface area contributed by atoms with Gasteiger partial charge in [-0.3, -0.25) is 9.59 Å². The molecule has 4 heterocycles. The van der Waals surface area contributed by atoms with E-state index in [0.29, 0.717) is 78.6 Å². The number of ether oxygens (including phenoxy) is 1. The number of benzene rings is 4. The number of rotatable bonds is 8. The Labute approximate surface area is 426 Å². The monoisotopic (exact) mass is 1010 g/mol. The maximum Gasteiger partial charge on any atom is 0.410 e. The van der Waals surface area contributed by atoms with Gasteiger partial charge in [-0.1, -0.05) is 103 Å². The Morgan fingerprint density at radius 3 is 1.27 bits per heavy atom. The number of likely N-dealkylation sites (tertiary alicyclic amines) is 1. The molecule has 0 saturated carbocycles. The first-order valence-electron chi connectivity index (χ1n) is 23.5. The van der Waals surface area contributed by atoms with Crippen molar-refractivity contribution in [3.63, 3.8) is 0 Å². The van der Waals surface area contributed by atoms with Crippen LogP contribution in [-0.4, -0.2) is 117 Å². The molecule has 0 aromatic heterocycles. The number of fused-ring (bicyclic) bond motifs is 2. The number of carbonyl (C=O) groups excluding carboxylic acids is 3. The molecule has 2 spiro atoms. The van der Waals surface area contributed by atoms with Crippen LogP contribution in [0.15, 0.2) is 119 Å². The van der Waals surface area contributed by atoms with Gasteiger partial charge in [0.1, 0.15) is 5.60 Å². The molecule has 2 saturated heterocycles. The number of hydrogen-bond donors (Lipinski definition) is 1. The minimum Gasteiger partial charge on any atom is -0.444 e. The van der Waals surface area contributed by atoms with E-state index in [1.807, 2.05) is 121 Å². The molecule has 4 aromatic rings. The Morgan fingerprint density at radius 1 is 0.563 bits per heavy atom. The van der Waals surface area contributed by atoms with Gasteiger partial charge in [0.2, 0.25) is 0 Å². The molecule has 71 heavy (non-hydrogen) atoms. The average Bonchev–Trinajstić information content (AvgIpc) is 3.33. The zero-order valence-corrected chi connectivity index (χ0v) is 41.4. The number of nitrogens with zero attached hydrogens (tertiary/aromatic N) is 3. The summed E-state index contributed by atoms with van der Waals surface area (Å²) in [5.74, 6) is -0.00915. The zero-order chi connectivity index (χ0) is 48.4. The van der Waals surface area contributed by atoms with Gasteiger partial charge in [-0.15, -0.1) is 0 Å². The van der Waals surface area contributed by atoms with Gasteiger partial charge in [0, 0.05) is 61.5 Å². The predicted octanol–water partition coefficient (Wildman–Crippen LogP) is 11.2. The van der Waals surface area contributed by atoms with Crippen LogP contribution in [0, 0.1) is 0 Å². The Bertz CT molecular complexity index is 2770. The fraction of sp³-hybridized carbons (Fsp3) is 0.456. The van der Waals surface area contributed by atoms with Gasteiger partial charge >= 0.3 is 6.09 Å². The fourth-order valence-electron chi connectivity index (χ4n) is 9.64. The summed E-state index contributed by atoms with van der Waals surface area (Å²) in [6.07, 6.45) is 5.10. The van der Waals surface area contributed by atoms with Gasteiger partial charge in [-0.05, 0) is 146 Å². The van der Waals surface area contributed by atoms with E-state index in [1.54, 1.807) is 51.1 Å². The Balaban J connectivity index is 0.000000362. The van der Waals surface area contributed by atoms with Crippen molar-refractivity contribution in [2.45, 2.75) is 129 Å². The number of carbonyl (C=O) groups is 3. The number of piperidine rings is 2. The molecule has 4 aliphatic heterocycles. The van der Waals surface area contributed by atoms with Crippen molar-refractivity contribution < 1.29 is 36.0 Å². The summed E-state index contributed by atoms with van der Waals surface area (Å²) in [6.45, 7) is 17.8. The molecule has 0 bridgehead atoms. The standard InChI is InChI=1S/C29H36N2O5S.C24H28N2O3S.4CH4/c1-6-30(7-2)26(32)22-14-12-21(13-15-22)24-20-29(37(34,35)25-11-9-8-10-23(24)25)16-18-31(19-17-29)27(33)36-28(3,4)5;1-3-26(4-2)23(27)19-11-9-18(10-12-19)21-17-24(13-15-25-16-14-24)30(28,29)22-8-6-5-7-20(21)22;;;;/h8-15,20H,6-7,16-19H2,1-5H3;5-12,17,25H,3-4,13-16H2,1-2H3;4*1H4. The first-order valence-corrected chi connectivity index (χ1v) is 26.4. The van der Waals surface area contributed by atoms with Gasteiger partial charge in [-0.2, -0.15) is 0 Å². The molecule has 1 N–H and O–H groups in total. The minimum absolute atomic E-state index is 0. The van der Waals surface area contributed by atoms with Crippen LogP contribution < -0.4 is 5.32 Å². The van der Waals surface area contributed by atoms with Crippen LogP contribution in [0.3, 0.4) is 0 Å². The van der Waals surface area contributed by atoms with E-state index in [0.717, 1.165) is 27.8 Å². The smallest absolute Gasteiger partial charge is 0.410 e. The molecule has 4 aliphatic rings. The summed E-state index contributed by atoms with van der Waals surface area (Å²) in [5.41, 5.74) is 5.59. The lowest BCUT2D eigenvalue weighted by atomic mass is 9.87. The summed E-state index contributed by atoms with van der Waals surface area (Å²) in [6, 6.07) is 29.3. The molecule has 8 rings (SSSR count). The molecule has 12 nitrogen and oxygen atoms in total. The lowest BCUT2D eigenvalue weighted by Gasteiger charge is -2.42. The van der Waals surface area contributed by atoms with Gasteiger partial charge < -0.3 is 24.8 Å².